The second kappa shape index (κ2) is 6.47. The predicted molar refractivity (Wildman–Crippen MR) is 48.6 cm³/mol. The SMILES string of the molecule is C=C([O-])c1ccc(OC)c(OC)c1.[K+]. The summed E-state index contributed by atoms with van der Waals surface area (Å²) in [4.78, 5) is 0. The maximum atomic E-state index is 10.9. The molecule has 1 aromatic rings. The minimum absolute atomic E-state index is 0. The number of methoxy groups -OCH3 is 2. The summed E-state index contributed by atoms with van der Waals surface area (Å²) in [6.07, 6.45) is 0. The van der Waals surface area contributed by atoms with Crippen LogP contribution in [0.1, 0.15) is 5.56 Å². The van der Waals surface area contributed by atoms with Crippen LogP contribution >= 0.6 is 0 Å². The quantitative estimate of drug-likeness (QED) is 0.437. The second-order valence-corrected chi connectivity index (χ2v) is 2.49. The average molecular weight is 218 g/mol. The van der Waals surface area contributed by atoms with Crippen LogP contribution in [-0.4, -0.2) is 14.2 Å². The van der Waals surface area contributed by atoms with Gasteiger partial charge in [0.25, 0.3) is 0 Å². The normalized spacial score (nSPS) is 8.71. The molecule has 0 N–H and O–H groups in total. The molecule has 0 bridgehead atoms. The number of hydrogen-bond acceptors (Lipinski definition) is 3. The molecule has 0 fully saturated rings. The summed E-state index contributed by atoms with van der Waals surface area (Å²) in [6.45, 7) is 3.30. The van der Waals surface area contributed by atoms with Crippen LogP contribution in [0.25, 0.3) is 5.76 Å². The first-order valence-electron chi connectivity index (χ1n) is 3.77. The summed E-state index contributed by atoms with van der Waals surface area (Å²) in [5, 5.41) is 10.9. The van der Waals surface area contributed by atoms with Crippen LogP contribution in [0.2, 0.25) is 0 Å². The van der Waals surface area contributed by atoms with E-state index in [2.05, 4.69) is 6.58 Å². The molecule has 0 aliphatic carbocycles. The Kier molecular flexibility index (Phi) is 6.47. The van der Waals surface area contributed by atoms with E-state index in [0.29, 0.717) is 17.1 Å². The monoisotopic (exact) mass is 218 g/mol. The summed E-state index contributed by atoms with van der Waals surface area (Å²) < 4.78 is 10.0. The van der Waals surface area contributed by atoms with Crippen molar-refractivity contribution in [2.45, 2.75) is 0 Å². The van der Waals surface area contributed by atoms with Crippen molar-refractivity contribution in [3.63, 3.8) is 0 Å². The predicted octanol–water partition coefficient (Wildman–Crippen LogP) is -1.96. The largest absolute Gasteiger partial charge is 1.00 e. The third-order valence-electron chi connectivity index (χ3n) is 1.71. The molecular formula is C10H11KO3. The van der Waals surface area contributed by atoms with Crippen molar-refractivity contribution in [2.75, 3.05) is 14.2 Å². The Morgan fingerprint density at radius 1 is 1.21 bits per heavy atom. The molecule has 0 saturated heterocycles. The number of benzene rings is 1. The smallest absolute Gasteiger partial charge is 0.872 e. The maximum Gasteiger partial charge on any atom is 1.00 e. The zero-order valence-electron chi connectivity index (χ0n) is 8.66. The Morgan fingerprint density at radius 2 is 1.79 bits per heavy atom. The van der Waals surface area contributed by atoms with Gasteiger partial charge in [0.05, 0.1) is 14.2 Å². The minimum Gasteiger partial charge on any atom is -0.872 e. The minimum atomic E-state index is -0.235. The molecule has 70 valence electrons. The van der Waals surface area contributed by atoms with E-state index in [-0.39, 0.29) is 57.1 Å². The molecule has 3 nitrogen and oxygen atoms in total. The first-order chi connectivity index (χ1) is 6.19. The van der Waals surface area contributed by atoms with E-state index in [9.17, 15) is 5.11 Å². The van der Waals surface area contributed by atoms with E-state index in [4.69, 9.17) is 9.47 Å². The molecule has 0 spiro atoms. The van der Waals surface area contributed by atoms with E-state index in [1.807, 2.05) is 0 Å². The van der Waals surface area contributed by atoms with Crippen molar-refractivity contribution in [1.82, 2.24) is 0 Å². The molecular weight excluding hydrogens is 207 g/mol. The van der Waals surface area contributed by atoms with Crippen LogP contribution in [0.5, 0.6) is 11.5 Å². The molecule has 0 saturated carbocycles. The van der Waals surface area contributed by atoms with Crippen LogP contribution in [0.15, 0.2) is 24.8 Å². The van der Waals surface area contributed by atoms with Crippen molar-refractivity contribution in [1.29, 1.82) is 0 Å². The van der Waals surface area contributed by atoms with Gasteiger partial charge in [-0.25, -0.2) is 0 Å². The fourth-order valence-corrected chi connectivity index (χ4v) is 1.01. The molecule has 0 atom stereocenters. The molecule has 0 amide bonds. The standard InChI is InChI=1S/C10H12O3.K/c1-7(11)8-4-5-9(12-2)10(6-8)13-3;/h4-6,11H,1H2,2-3H3;/q;+1/p-1. The fraction of sp³-hybridized carbons (Fsp3) is 0.200. The Labute approximate surface area is 126 Å². The zero-order chi connectivity index (χ0) is 9.84. The molecule has 1 rings (SSSR count). The van der Waals surface area contributed by atoms with Gasteiger partial charge in [-0.15, -0.1) is 12.3 Å². The Morgan fingerprint density at radius 3 is 2.21 bits per heavy atom. The third-order valence-corrected chi connectivity index (χ3v) is 1.71. The summed E-state index contributed by atoms with van der Waals surface area (Å²) in [6, 6.07) is 4.93. The average Bonchev–Trinajstić information content (AvgIpc) is 2.16. The van der Waals surface area contributed by atoms with Crippen molar-refractivity contribution < 1.29 is 66.0 Å². The van der Waals surface area contributed by atoms with Crippen LogP contribution in [0.4, 0.5) is 0 Å². The van der Waals surface area contributed by atoms with E-state index in [0.717, 1.165) is 0 Å². The molecule has 14 heavy (non-hydrogen) atoms. The second-order valence-electron chi connectivity index (χ2n) is 2.49. The van der Waals surface area contributed by atoms with E-state index < -0.39 is 0 Å². The Hall–Kier alpha value is -0.00364. The number of rotatable bonds is 3. The topological polar surface area (TPSA) is 41.5 Å². The van der Waals surface area contributed by atoms with Crippen molar-refractivity contribution in [2.24, 2.45) is 0 Å². The van der Waals surface area contributed by atoms with Gasteiger partial charge in [0.15, 0.2) is 11.5 Å². The van der Waals surface area contributed by atoms with Crippen molar-refractivity contribution in [3.05, 3.63) is 30.3 Å². The van der Waals surface area contributed by atoms with Crippen molar-refractivity contribution >= 4 is 5.76 Å². The number of ether oxygens (including phenoxy) is 2. The van der Waals surface area contributed by atoms with Gasteiger partial charge in [-0.2, -0.15) is 0 Å². The summed E-state index contributed by atoms with van der Waals surface area (Å²) in [7, 11) is 3.07. The Balaban J connectivity index is 0.00000169. The third kappa shape index (κ3) is 3.29. The first-order valence-corrected chi connectivity index (χ1v) is 3.77. The summed E-state index contributed by atoms with van der Waals surface area (Å²) in [5.74, 6) is 0.908. The van der Waals surface area contributed by atoms with E-state index in [1.165, 1.54) is 7.11 Å². The maximum absolute atomic E-state index is 10.9. The van der Waals surface area contributed by atoms with Gasteiger partial charge in [-0.05, 0) is 17.7 Å². The molecule has 0 aliphatic heterocycles. The first kappa shape index (κ1) is 14.0. The van der Waals surface area contributed by atoms with Crippen LogP contribution < -0.4 is 66.0 Å². The van der Waals surface area contributed by atoms with Crippen LogP contribution in [-0.2, 0) is 0 Å². The van der Waals surface area contributed by atoms with Gasteiger partial charge in [0, 0.05) is 0 Å². The molecule has 1 aromatic carbocycles. The van der Waals surface area contributed by atoms with Gasteiger partial charge in [-0.3, -0.25) is 0 Å². The molecule has 0 aromatic heterocycles. The van der Waals surface area contributed by atoms with E-state index in [1.54, 1.807) is 25.3 Å². The molecule has 0 aliphatic rings. The molecule has 0 unspecified atom stereocenters. The number of hydrogen-bond donors (Lipinski definition) is 0. The molecule has 0 radical (unpaired) electrons. The van der Waals surface area contributed by atoms with Crippen LogP contribution in [0.3, 0.4) is 0 Å². The zero-order valence-corrected chi connectivity index (χ0v) is 11.8. The van der Waals surface area contributed by atoms with Gasteiger partial charge in [0.2, 0.25) is 0 Å². The van der Waals surface area contributed by atoms with Gasteiger partial charge >= 0.3 is 51.4 Å². The van der Waals surface area contributed by atoms with Crippen LogP contribution in [0, 0.1) is 0 Å². The molecule has 0 heterocycles. The Bertz CT molecular complexity index is 323. The van der Waals surface area contributed by atoms with E-state index >= 15 is 0 Å². The van der Waals surface area contributed by atoms with Gasteiger partial charge < -0.3 is 14.6 Å². The molecule has 4 heteroatoms. The van der Waals surface area contributed by atoms with Gasteiger partial charge in [0.1, 0.15) is 0 Å². The van der Waals surface area contributed by atoms with Gasteiger partial charge in [-0.1, -0.05) is 6.07 Å². The fourth-order valence-electron chi connectivity index (χ4n) is 1.01. The summed E-state index contributed by atoms with van der Waals surface area (Å²) in [5.41, 5.74) is 0.512. The summed E-state index contributed by atoms with van der Waals surface area (Å²) >= 11 is 0. The van der Waals surface area contributed by atoms with Crippen molar-refractivity contribution in [3.8, 4) is 11.5 Å².